The van der Waals surface area contributed by atoms with Crippen LogP contribution in [0, 0.1) is 0 Å². The number of aliphatic hydroxyl groups is 1. The van der Waals surface area contributed by atoms with Gasteiger partial charge < -0.3 is 25.0 Å². The van der Waals surface area contributed by atoms with Crippen LogP contribution in [0.15, 0.2) is 65.9 Å². The van der Waals surface area contributed by atoms with Gasteiger partial charge in [-0.2, -0.15) is 0 Å². The van der Waals surface area contributed by atoms with Gasteiger partial charge in [0.1, 0.15) is 0 Å². The first-order valence-corrected chi connectivity index (χ1v) is 9.93. The van der Waals surface area contributed by atoms with E-state index in [1.54, 1.807) is 18.2 Å². The van der Waals surface area contributed by atoms with Gasteiger partial charge in [0.25, 0.3) is 5.91 Å². The average molecular weight is 437 g/mol. The molecule has 0 aliphatic carbocycles. The lowest BCUT2D eigenvalue weighted by atomic mass is 9.95. The molecule has 0 aromatic heterocycles. The fourth-order valence-electron chi connectivity index (χ4n) is 3.57. The molecule has 3 rings (SSSR count). The van der Waals surface area contributed by atoms with Crippen LogP contribution in [0.4, 0.5) is 0 Å². The number of aromatic hydroxyl groups is 1. The van der Waals surface area contributed by atoms with Crippen molar-refractivity contribution in [1.29, 1.82) is 0 Å². The van der Waals surface area contributed by atoms with Crippen LogP contribution in [0.5, 0.6) is 11.5 Å². The molecule has 0 saturated heterocycles. The molecule has 1 amide bonds. The van der Waals surface area contributed by atoms with Crippen LogP contribution in [-0.4, -0.2) is 51.5 Å². The van der Waals surface area contributed by atoms with E-state index in [2.05, 4.69) is 0 Å². The number of carbonyl (C=O) groups excluding carboxylic acids is 2. The van der Waals surface area contributed by atoms with E-state index in [4.69, 9.17) is 9.84 Å². The standard InChI is InChI=1S/C24H23NO7/c1-32-19-14-16(10-12-17(19)26)22-21(18(27)11-9-15-6-3-2-4-7-15)23(30)24(31)25(22)13-5-8-20(28)29/h2-4,6-7,9-12,14,22,26,30H,5,8,13H2,1H3,(H,28,29)/b11-9+/t22-/m0/s1. The summed E-state index contributed by atoms with van der Waals surface area (Å²) in [5, 5.41) is 29.4. The van der Waals surface area contributed by atoms with Crippen LogP contribution in [0.2, 0.25) is 0 Å². The number of benzene rings is 2. The zero-order chi connectivity index (χ0) is 23.3. The SMILES string of the molecule is COc1cc([C@H]2C(C(=O)/C=C/c3ccccc3)=C(O)C(=O)N2CCCC(=O)O)ccc1O. The smallest absolute Gasteiger partial charge is 0.303 e. The lowest BCUT2D eigenvalue weighted by molar-refractivity contribution is -0.138. The molecule has 166 valence electrons. The molecule has 0 saturated carbocycles. The van der Waals surface area contributed by atoms with Crippen molar-refractivity contribution in [2.75, 3.05) is 13.7 Å². The molecule has 0 spiro atoms. The lowest BCUT2D eigenvalue weighted by Crippen LogP contribution is -2.32. The normalized spacial score (nSPS) is 16.1. The van der Waals surface area contributed by atoms with E-state index in [-0.39, 0.29) is 36.5 Å². The summed E-state index contributed by atoms with van der Waals surface area (Å²) in [7, 11) is 1.37. The monoisotopic (exact) mass is 437 g/mol. The van der Waals surface area contributed by atoms with Crippen LogP contribution in [0.3, 0.4) is 0 Å². The summed E-state index contributed by atoms with van der Waals surface area (Å²) < 4.78 is 5.14. The Bertz CT molecular complexity index is 1090. The maximum atomic E-state index is 13.0. The van der Waals surface area contributed by atoms with Crippen LogP contribution in [0.25, 0.3) is 6.08 Å². The predicted octanol–water partition coefficient (Wildman–Crippen LogP) is 3.24. The van der Waals surface area contributed by atoms with Crippen molar-refractivity contribution < 1.29 is 34.4 Å². The summed E-state index contributed by atoms with van der Waals surface area (Å²) in [6, 6.07) is 12.5. The van der Waals surface area contributed by atoms with Crippen molar-refractivity contribution in [2.24, 2.45) is 0 Å². The average Bonchev–Trinajstić information content (AvgIpc) is 3.03. The van der Waals surface area contributed by atoms with Gasteiger partial charge in [-0.3, -0.25) is 14.4 Å². The minimum Gasteiger partial charge on any atom is -0.504 e. The Morgan fingerprint density at radius 1 is 1.12 bits per heavy atom. The number of carboxylic acids is 1. The minimum atomic E-state index is -1.02. The summed E-state index contributed by atoms with van der Waals surface area (Å²) in [4.78, 5) is 38.0. The van der Waals surface area contributed by atoms with Crippen molar-refractivity contribution in [3.63, 3.8) is 0 Å². The summed E-state index contributed by atoms with van der Waals surface area (Å²) in [5.74, 6) is -3.00. The third-order valence-electron chi connectivity index (χ3n) is 5.11. The number of phenolic OH excluding ortho intramolecular Hbond substituents is 1. The zero-order valence-electron chi connectivity index (χ0n) is 17.4. The Hall–Kier alpha value is -4.07. The first kappa shape index (κ1) is 22.6. The number of ketones is 1. The number of methoxy groups -OCH3 is 1. The maximum absolute atomic E-state index is 13.0. The van der Waals surface area contributed by atoms with Crippen LogP contribution in [0.1, 0.15) is 30.0 Å². The highest BCUT2D eigenvalue weighted by Gasteiger charge is 2.42. The van der Waals surface area contributed by atoms with Crippen LogP contribution < -0.4 is 4.74 Å². The summed E-state index contributed by atoms with van der Waals surface area (Å²) in [5.41, 5.74) is 1.08. The fourth-order valence-corrected chi connectivity index (χ4v) is 3.57. The fraction of sp³-hybridized carbons (Fsp3) is 0.208. The van der Waals surface area contributed by atoms with Gasteiger partial charge in [-0.25, -0.2) is 0 Å². The first-order chi connectivity index (χ1) is 15.3. The molecule has 1 heterocycles. The number of carboxylic acid groups (broad SMARTS) is 1. The second-order valence-electron chi connectivity index (χ2n) is 7.20. The molecule has 0 bridgehead atoms. The van der Waals surface area contributed by atoms with Gasteiger partial charge in [-0.05, 0) is 35.8 Å². The van der Waals surface area contributed by atoms with Gasteiger partial charge in [-0.1, -0.05) is 42.5 Å². The largest absolute Gasteiger partial charge is 0.504 e. The maximum Gasteiger partial charge on any atom is 0.303 e. The van der Waals surface area contributed by atoms with Crippen molar-refractivity contribution >= 4 is 23.7 Å². The number of aliphatic carboxylic acids is 1. The minimum absolute atomic E-state index is 0.0161. The second-order valence-corrected chi connectivity index (χ2v) is 7.20. The molecule has 8 nitrogen and oxygen atoms in total. The number of carbonyl (C=O) groups is 3. The third-order valence-corrected chi connectivity index (χ3v) is 5.11. The number of hydrogen-bond donors (Lipinski definition) is 3. The van der Waals surface area contributed by atoms with Gasteiger partial charge in [0.2, 0.25) is 0 Å². The van der Waals surface area contributed by atoms with E-state index in [9.17, 15) is 24.6 Å². The molecule has 1 aliphatic heterocycles. The predicted molar refractivity (Wildman–Crippen MR) is 116 cm³/mol. The molecule has 0 fully saturated rings. The molecule has 1 aliphatic rings. The Morgan fingerprint density at radius 2 is 1.84 bits per heavy atom. The Morgan fingerprint density at radius 3 is 2.50 bits per heavy atom. The summed E-state index contributed by atoms with van der Waals surface area (Å²) in [6.07, 6.45) is 2.82. The molecular weight excluding hydrogens is 414 g/mol. The van der Waals surface area contributed by atoms with Crippen molar-refractivity contribution in [1.82, 2.24) is 4.90 Å². The highest BCUT2D eigenvalue weighted by Crippen LogP contribution is 2.40. The van der Waals surface area contributed by atoms with Crippen LogP contribution >= 0.6 is 0 Å². The molecule has 8 heteroatoms. The molecule has 32 heavy (non-hydrogen) atoms. The highest BCUT2D eigenvalue weighted by molar-refractivity contribution is 6.14. The second kappa shape index (κ2) is 9.82. The van der Waals surface area contributed by atoms with Gasteiger partial charge in [-0.15, -0.1) is 0 Å². The van der Waals surface area contributed by atoms with E-state index in [1.807, 2.05) is 18.2 Å². The Labute approximate surface area is 184 Å². The van der Waals surface area contributed by atoms with E-state index in [0.29, 0.717) is 5.56 Å². The number of ether oxygens (including phenoxy) is 1. The van der Waals surface area contributed by atoms with E-state index < -0.39 is 29.5 Å². The number of allylic oxidation sites excluding steroid dienone is 1. The number of rotatable bonds is 9. The molecule has 2 aromatic rings. The molecule has 0 unspecified atom stereocenters. The number of aliphatic hydroxyl groups excluding tert-OH is 1. The number of phenols is 1. The molecule has 0 radical (unpaired) electrons. The Kier molecular flexibility index (Phi) is 6.94. The van der Waals surface area contributed by atoms with Crippen LogP contribution in [-0.2, 0) is 14.4 Å². The molecule has 3 N–H and O–H groups in total. The molecule has 2 aromatic carbocycles. The topological polar surface area (TPSA) is 124 Å². The number of hydrogen-bond acceptors (Lipinski definition) is 6. The third kappa shape index (κ3) is 4.80. The highest BCUT2D eigenvalue weighted by atomic mass is 16.5. The van der Waals surface area contributed by atoms with E-state index in [1.165, 1.54) is 36.3 Å². The summed E-state index contributed by atoms with van der Waals surface area (Å²) in [6.45, 7) is 0.0161. The molecule has 1 atom stereocenters. The van der Waals surface area contributed by atoms with Gasteiger partial charge in [0.15, 0.2) is 23.0 Å². The zero-order valence-corrected chi connectivity index (χ0v) is 17.4. The van der Waals surface area contributed by atoms with Gasteiger partial charge >= 0.3 is 5.97 Å². The first-order valence-electron chi connectivity index (χ1n) is 9.93. The van der Waals surface area contributed by atoms with Gasteiger partial charge in [0, 0.05) is 13.0 Å². The summed E-state index contributed by atoms with van der Waals surface area (Å²) >= 11 is 0. The van der Waals surface area contributed by atoms with Gasteiger partial charge in [0.05, 0.1) is 18.7 Å². The lowest BCUT2D eigenvalue weighted by Gasteiger charge is -2.26. The quantitative estimate of drug-likeness (QED) is 0.514. The van der Waals surface area contributed by atoms with Crippen molar-refractivity contribution in [3.05, 3.63) is 77.1 Å². The Balaban J connectivity index is 2.00. The van der Waals surface area contributed by atoms with Crippen molar-refractivity contribution in [2.45, 2.75) is 18.9 Å². The number of nitrogens with zero attached hydrogens (tertiary/aromatic N) is 1. The van der Waals surface area contributed by atoms with E-state index in [0.717, 1.165) is 5.56 Å². The molecular formula is C24H23NO7. The number of amides is 1. The van der Waals surface area contributed by atoms with E-state index >= 15 is 0 Å². The van der Waals surface area contributed by atoms with Crippen molar-refractivity contribution in [3.8, 4) is 11.5 Å².